The summed E-state index contributed by atoms with van der Waals surface area (Å²) in [6.07, 6.45) is 0. The van der Waals surface area contributed by atoms with Gasteiger partial charge in [0, 0.05) is 11.4 Å². The fourth-order valence-corrected chi connectivity index (χ4v) is 3.97. The van der Waals surface area contributed by atoms with Crippen molar-refractivity contribution >= 4 is 65.0 Å². The van der Waals surface area contributed by atoms with E-state index in [9.17, 15) is 4.79 Å². The molecular formula is C10H12Br3NOS. The third-order valence-electron chi connectivity index (χ3n) is 2.08. The summed E-state index contributed by atoms with van der Waals surface area (Å²) in [4.78, 5) is 12.1. The summed E-state index contributed by atoms with van der Waals surface area (Å²) in [5.41, 5.74) is 0.681. The van der Waals surface area contributed by atoms with Gasteiger partial charge in [0.1, 0.15) is 0 Å². The van der Waals surface area contributed by atoms with Gasteiger partial charge in [0.15, 0.2) is 0 Å². The summed E-state index contributed by atoms with van der Waals surface area (Å²) in [5, 5.41) is 2.90. The lowest BCUT2D eigenvalue weighted by molar-refractivity contribution is 0.0952. The van der Waals surface area contributed by atoms with Crippen LogP contribution in [0.15, 0.2) is 13.6 Å². The lowest BCUT2D eigenvalue weighted by Gasteiger charge is -2.14. The first kappa shape index (κ1) is 14.7. The summed E-state index contributed by atoms with van der Waals surface area (Å²) in [7, 11) is 0. The van der Waals surface area contributed by atoms with Gasteiger partial charge in [-0.2, -0.15) is 0 Å². The number of amides is 1. The molecule has 16 heavy (non-hydrogen) atoms. The van der Waals surface area contributed by atoms with Gasteiger partial charge in [-0.15, -0.1) is 11.3 Å². The number of carbonyl (C=O) groups is 1. The second kappa shape index (κ2) is 6.52. The molecule has 90 valence electrons. The second-order valence-electron chi connectivity index (χ2n) is 3.71. The Labute approximate surface area is 125 Å². The van der Waals surface area contributed by atoms with Crippen LogP contribution in [0, 0.1) is 5.92 Å². The van der Waals surface area contributed by atoms with Crippen molar-refractivity contribution in [2.24, 2.45) is 5.92 Å². The van der Waals surface area contributed by atoms with Gasteiger partial charge >= 0.3 is 0 Å². The molecule has 0 aliphatic carbocycles. The van der Waals surface area contributed by atoms with Gasteiger partial charge < -0.3 is 5.32 Å². The molecule has 0 saturated heterocycles. The van der Waals surface area contributed by atoms with E-state index in [1.165, 1.54) is 11.3 Å². The number of hydrogen-bond acceptors (Lipinski definition) is 2. The fourth-order valence-electron chi connectivity index (χ4n) is 1.02. The van der Waals surface area contributed by atoms with Crippen LogP contribution < -0.4 is 5.32 Å². The van der Waals surface area contributed by atoms with E-state index in [0.717, 1.165) is 7.57 Å². The van der Waals surface area contributed by atoms with Crippen molar-refractivity contribution in [2.75, 3.05) is 6.54 Å². The van der Waals surface area contributed by atoms with Crippen LogP contribution in [-0.2, 0) is 0 Å². The standard InChI is InChI=1S/C10H12Br3NOS/c1-5(2)7(11)4-14-10(15)6-3-8(12)16-9(6)13/h3,5,7H,4H2,1-2H3,(H,14,15). The van der Waals surface area contributed by atoms with Gasteiger partial charge in [0.05, 0.1) is 13.1 Å². The predicted molar refractivity (Wildman–Crippen MR) is 79.6 cm³/mol. The molecule has 1 unspecified atom stereocenters. The number of carbonyl (C=O) groups excluding carboxylic acids is 1. The largest absolute Gasteiger partial charge is 0.351 e. The van der Waals surface area contributed by atoms with E-state index in [1.807, 2.05) is 6.07 Å². The van der Waals surface area contributed by atoms with Crippen LogP contribution in [0.2, 0.25) is 0 Å². The predicted octanol–water partition coefficient (Wildman–Crippen LogP) is 4.42. The Balaban J connectivity index is 2.56. The molecule has 2 nitrogen and oxygen atoms in total. The van der Waals surface area contributed by atoms with Crippen LogP contribution in [0.3, 0.4) is 0 Å². The zero-order chi connectivity index (χ0) is 12.3. The summed E-state index contributed by atoms with van der Waals surface area (Å²) in [6.45, 7) is 4.86. The number of thiophene rings is 1. The monoisotopic (exact) mass is 431 g/mol. The molecule has 1 heterocycles. The normalized spacial score (nSPS) is 12.9. The van der Waals surface area contributed by atoms with Crippen LogP contribution in [-0.4, -0.2) is 17.3 Å². The van der Waals surface area contributed by atoms with Crippen LogP contribution in [0.25, 0.3) is 0 Å². The van der Waals surface area contributed by atoms with Crippen LogP contribution in [0.1, 0.15) is 24.2 Å². The summed E-state index contributed by atoms with van der Waals surface area (Å²) in [6, 6.07) is 1.82. The number of rotatable bonds is 4. The van der Waals surface area contributed by atoms with Crippen LogP contribution in [0.5, 0.6) is 0 Å². The van der Waals surface area contributed by atoms with E-state index in [4.69, 9.17) is 0 Å². The lowest BCUT2D eigenvalue weighted by Crippen LogP contribution is -2.31. The minimum absolute atomic E-state index is 0.0427. The SMILES string of the molecule is CC(C)C(Br)CNC(=O)c1cc(Br)sc1Br. The minimum atomic E-state index is -0.0427. The third-order valence-corrected chi connectivity index (χ3v) is 5.80. The first-order valence-corrected chi connectivity index (χ1v) is 8.10. The van der Waals surface area contributed by atoms with Crippen molar-refractivity contribution in [1.29, 1.82) is 0 Å². The third kappa shape index (κ3) is 4.13. The topological polar surface area (TPSA) is 29.1 Å². The van der Waals surface area contributed by atoms with Gasteiger partial charge in [-0.1, -0.05) is 29.8 Å². The molecule has 0 aromatic carbocycles. The quantitative estimate of drug-likeness (QED) is 0.699. The highest BCUT2D eigenvalue weighted by Crippen LogP contribution is 2.31. The van der Waals surface area contributed by atoms with Crippen molar-refractivity contribution in [3.63, 3.8) is 0 Å². The van der Waals surface area contributed by atoms with Crippen molar-refractivity contribution in [3.05, 3.63) is 19.2 Å². The molecule has 0 aliphatic heterocycles. The molecule has 1 aromatic heterocycles. The lowest BCUT2D eigenvalue weighted by atomic mass is 10.1. The van der Waals surface area contributed by atoms with Crippen LogP contribution >= 0.6 is 59.1 Å². The summed E-state index contributed by atoms with van der Waals surface area (Å²) >= 11 is 11.8. The molecule has 1 aromatic rings. The smallest absolute Gasteiger partial charge is 0.253 e. The maximum absolute atomic E-state index is 11.8. The average molecular weight is 434 g/mol. The van der Waals surface area contributed by atoms with Gasteiger partial charge in [0.2, 0.25) is 0 Å². The van der Waals surface area contributed by atoms with E-state index >= 15 is 0 Å². The van der Waals surface area contributed by atoms with Gasteiger partial charge in [0.25, 0.3) is 5.91 Å². The molecule has 6 heteroatoms. The summed E-state index contributed by atoms with van der Waals surface area (Å²) < 4.78 is 1.80. The maximum Gasteiger partial charge on any atom is 0.253 e. The first-order valence-electron chi connectivity index (χ1n) is 4.79. The number of alkyl halides is 1. The Kier molecular flexibility index (Phi) is 5.98. The summed E-state index contributed by atoms with van der Waals surface area (Å²) in [5.74, 6) is 0.455. The molecule has 0 radical (unpaired) electrons. The second-order valence-corrected chi connectivity index (χ2v) is 8.63. The Morgan fingerprint density at radius 2 is 2.12 bits per heavy atom. The number of hydrogen-bond donors (Lipinski definition) is 1. The highest BCUT2D eigenvalue weighted by Gasteiger charge is 2.15. The van der Waals surface area contributed by atoms with E-state index in [1.54, 1.807) is 0 Å². The molecule has 1 N–H and O–H groups in total. The van der Waals surface area contributed by atoms with Gasteiger partial charge in [-0.25, -0.2) is 0 Å². The van der Waals surface area contributed by atoms with Crippen molar-refractivity contribution in [3.8, 4) is 0 Å². The fraction of sp³-hybridized carbons (Fsp3) is 0.500. The Bertz CT molecular complexity index is 378. The minimum Gasteiger partial charge on any atom is -0.351 e. The Morgan fingerprint density at radius 3 is 2.56 bits per heavy atom. The van der Waals surface area contributed by atoms with Crippen molar-refractivity contribution in [2.45, 2.75) is 18.7 Å². The molecule has 1 rings (SSSR count). The highest BCUT2D eigenvalue weighted by molar-refractivity contribution is 9.12. The zero-order valence-corrected chi connectivity index (χ0v) is 14.5. The Morgan fingerprint density at radius 1 is 1.50 bits per heavy atom. The van der Waals surface area contributed by atoms with Gasteiger partial charge in [-0.05, 0) is 43.8 Å². The molecule has 1 amide bonds. The Hall–Kier alpha value is 0.610. The average Bonchev–Trinajstić information content (AvgIpc) is 2.53. The van der Waals surface area contributed by atoms with Gasteiger partial charge in [-0.3, -0.25) is 4.79 Å². The molecule has 0 bridgehead atoms. The molecular weight excluding hydrogens is 422 g/mol. The van der Waals surface area contributed by atoms with E-state index in [-0.39, 0.29) is 5.91 Å². The highest BCUT2D eigenvalue weighted by atomic mass is 79.9. The van der Waals surface area contributed by atoms with E-state index in [0.29, 0.717) is 22.9 Å². The number of nitrogens with one attached hydrogen (secondary N) is 1. The molecule has 0 aliphatic rings. The number of halogens is 3. The van der Waals surface area contributed by atoms with Crippen LogP contribution in [0.4, 0.5) is 0 Å². The van der Waals surface area contributed by atoms with E-state index < -0.39 is 0 Å². The van der Waals surface area contributed by atoms with E-state index in [2.05, 4.69) is 67.0 Å². The molecule has 0 fully saturated rings. The molecule has 0 spiro atoms. The zero-order valence-electron chi connectivity index (χ0n) is 8.89. The molecule has 0 saturated carbocycles. The van der Waals surface area contributed by atoms with Crippen molar-refractivity contribution in [1.82, 2.24) is 5.32 Å². The van der Waals surface area contributed by atoms with Crippen molar-refractivity contribution < 1.29 is 4.79 Å². The molecule has 1 atom stereocenters. The first-order chi connectivity index (χ1) is 7.41. The maximum atomic E-state index is 11.8.